The van der Waals surface area contributed by atoms with Gasteiger partial charge in [0.1, 0.15) is 11.9 Å². The van der Waals surface area contributed by atoms with Gasteiger partial charge >= 0.3 is 5.97 Å². The van der Waals surface area contributed by atoms with E-state index in [2.05, 4.69) is 4.98 Å². The second-order valence-corrected chi connectivity index (χ2v) is 3.53. The summed E-state index contributed by atoms with van der Waals surface area (Å²) in [5.41, 5.74) is 1.08. The first-order chi connectivity index (χ1) is 6.68. The monoisotopic (exact) mass is 192 g/mol. The summed E-state index contributed by atoms with van der Waals surface area (Å²) in [5, 5.41) is 8.85. The third kappa shape index (κ3) is 1.43. The van der Waals surface area contributed by atoms with E-state index in [1.165, 1.54) is 0 Å². The third-order valence-corrected chi connectivity index (χ3v) is 2.49. The van der Waals surface area contributed by atoms with Gasteiger partial charge in [-0.1, -0.05) is 6.07 Å². The number of hydrogen-bond acceptors (Lipinski definition) is 3. The van der Waals surface area contributed by atoms with Crippen LogP contribution in [0.25, 0.3) is 0 Å². The van der Waals surface area contributed by atoms with E-state index < -0.39 is 5.97 Å². The third-order valence-electron chi connectivity index (χ3n) is 2.49. The van der Waals surface area contributed by atoms with Crippen LogP contribution in [-0.2, 0) is 4.79 Å². The number of nitrogens with zero attached hydrogens (tertiary/aromatic N) is 2. The smallest absolute Gasteiger partial charge is 0.326 e. The normalized spacial score (nSPS) is 20.4. The van der Waals surface area contributed by atoms with Crippen molar-refractivity contribution >= 4 is 11.8 Å². The van der Waals surface area contributed by atoms with E-state index in [1.54, 1.807) is 6.20 Å². The molecule has 1 unspecified atom stereocenters. The number of rotatable bonds is 2. The molecule has 1 saturated heterocycles. The number of aromatic nitrogens is 1. The molecule has 0 aliphatic carbocycles. The predicted molar refractivity (Wildman–Crippen MR) is 52.4 cm³/mol. The number of carboxylic acids is 1. The Hall–Kier alpha value is -1.58. The molecule has 1 fully saturated rings. The summed E-state index contributed by atoms with van der Waals surface area (Å²) < 4.78 is 0. The first kappa shape index (κ1) is 8.99. The lowest BCUT2D eigenvalue weighted by molar-refractivity contribution is -0.140. The van der Waals surface area contributed by atoms with Gasteiger partial charge in [-0.3, -0.25) is 0 Å². The van der Waals surface area contributed by atoms with Gasteiger partial charge in [0.25, 0.3) is 0 Å². The summed E-state index contributed by atoms with van der Waals surface area (Å²) in [6.45, 7) is 2.74. The molecule has 1 aromatic heterocycles. The van der Waals surface area contributed by atoms with Crippen LogP contribution in [0, 0.1) is 6.92 Å². The molecule has 14 heavy (non-hydrogen) atoms. The fourth-order valence-corrected chi connectivity index (χ4v) is 1.55. The average molecular weight is 192 g/mol. The van der Waals surface area contributed by atoms with Gasteiger partial charge in [-0.2, -0.15) is 0 Å². The lowest BCUT2D eigenvalue weighted by atomic mass is 10.0. The molecule has 0 amide bonds. The van der Waals surface area contributed by atoms with Crippen molar-refractivity contribution in [2.75, 3.05) is 11.4 Å². The molecule has 1 aliphatic rings. The first-order valence-corrected chi connectivity index (χ1v) is 4.60. The summed E-state index contributed by atoms with van der Waals surface area (Å²) in [6, 6.07) is 3.43. The van der Waals surface area contributed by atoms with E-state index in [0.29, 0.717) is 6.42 Å². The number of carbonyl (C=O) groups is 1. The van der Waals surface area contributed by atoms with E-state index in [-0.39, 0.29) is 6.04 Å². The minimum Gasteiger partial charge on any atom is -0.480 e. The van der Waals surface area contributed by atoms with Crippen molar-refractivity contribution in [3.63, 3.8) is 0 Å². The fourth-order valence-electron chi connectivity index (χ4n) is 1.55. The van der Waals surface area contributed by atoms with Gasteiger partial charge in [-0.25, -0.2) is 9.78 Å². The second kappa shape index (κ2) is 3.29. The lowest BCUT2D eigenvalue weighted by Gasteiger charge is -2.38. The molecule has 74 valence electrons. The Morgan fingerprint density at radius 2 is 2.43 bits per heavy atom. The molecule has 4 nitrogen and oxygen atoms in total. The highest BCUT2D eigenvalue weighted by atomic mass is 16.4. The topological polar surface area (TPSA) is 53.4 Å². The minimum absolute atomic E-state index is 0.384. The standard InChI is InChI=1S/C10H12N2O2/c1-7-2-3-9(11-6-7)12-5-4-8(12)10(13)14/h2-3,6,8H,4-5H2,1H3,(H,13,14). The van der Waals surface area contributed by atoms with Crippen molar-refractivity contribution in [3.05, 3.63) is 23.9 Å². The summed E-state index contributed by atoms with van der Waals surface area (Å²) in [4.78, 5) is 16.8. The van der Waals surface area contributed by atoms with Crippen molar-refractivity contribution in [2.24, 2.45) is 0 Å². The Kier molecular flexibility index (Phi) is 2.11. The number of aryl methyl sites for hydroxylation is 1. The highest BCUT2D eigenvalue weighted by Crippen LogP contribution is 2.24. The van der Waals surface area contributed by atoms with Gasteiger partial charge < -0.3 is 10.0 Å². The molecule has 1 N–H and O–H groups in total. The van der Waals surface area contributed by atoms with E-state index >= 15 is 0 Å². The van der Waals surface area contributed by atoms with Gasteiger partial charge in [-0.05, 0) is 25.0 Å². The zero-order valence-corrected chi connectivity index (χ0v) is 7.97. The average Bonchev–Trinajstić information content (AvgIpc) is 2.05. The van der Waals surface area contributed by atoms with Crippen LogP contribution >= 0.6 is 0 Å². The molecule has 4 heteroatoms. The Bertz CT molecular complexity index is 348. The number of carboxylic acid groups (broad SMARTS) is 1. The quantitative estimate of drug-likeness (QED) is 0.761. The Labute approximate surface area is 82.2 Å². The molecule has 2 rings (SSSR count). The van der Waals surface area contributed by atoms with Crippen molar-refractivity contribution in [1.29, 1.82) is 0 Å². The lowest BCUT2D eigenvalue weighted by Crippen LogP contribution is -2.52. The maximum Gasteiger partial charge on any atom is 0.326 e. The highest BCUT2D eigenvalue weighted by molar-refractivity contribution is 5.79. The zero-order chi connectivity index (χ0) is 10.1. The van der Waals surface area contributed by atoms with E-state index in [1.807, 2.05) is 24.0 Å². The fraction of sp³-hybridized carbons (Fsp3) is 0.400. The largest absolute Gasteiger partial charge is 0.480 e. The molecule has 0 saturated carbocycles. The summed E-state index contributed by atoms with van der Waals surface area (Å²) in [6.07, 6.45) is 2.47. The maximum absolute atomic E-state index is 10.8. The zero-order valence-electron chi connectivity index (χ0n) is 7.97. The summed E-state index contributed by atoms with van der Waals surface area (Å²) in [5.74, 6) is -0.00660. The molecule has 1 atom stereocenters. The summed E-state index contributed by atoms with van der Waals surface area (Å²) in [7, 11) is 0. The van der Waals surface area contributed by atoms with Gasteiger partial charge in [0.2, 0.25) is 0 Å². The van der Waals surface area contributed by atoms with Crippen LogP contribution in [0.5, 0.6) is 0 Å². The first-order valence-electron chi connectivity index (χ1n) is 4.60. The summed E-state index contributed by atoms with van der Waals surface area (Å²) >= 11 is 0. The van der Waals surface area contributed by atoms with Crippen LogP contribution in [0.2, 0.25) is 0 Å². The van der Waals surface area contributed by atoms with Crippen molar-refractivity contribution in [2.45, 2.75) is 19.4 Å². The van der Waals surface area contributed by atoms with Crippen LogP contribution in [0.4, 0.5) is 5.82 Å². The predicted octanol–water partition coefficient (Wildman–Crippen LogP) is 1.05. The van der Waals surface area contributed by atoms with Gasteiger partial charge in [0.05, 0.1) is 0 Å². The van der Waals surface area contributed by atoms with Crippen LogP contribution in [0.1, 0.15) is 12.0 Å². The molecule has 0 radical (unpaired) electrons. The van der Waals surface area contributed by atoms with Crippen LogP contribution in [0.3, 0.4) is 0 Å². The van der Waals surface area contributed by atoms with Crippen molar-refractivity contribution < 1.29 is 9.90 Å². The SMILES string of the molecule is Cc1ccc(N2CCC2C(=O)O)nc1. The molecule has 0 spiro atoms. The molecule has 1 aliphatic heterocycles. The van der Waals surface area contributed by atoms with E-state index in [0.717, 1.165) is 17.9 Å². The number of hydrogen-bond donors (Lipinski definition) is 1. The molecular formula is C10H12N2O2. The van der Waals surface area contributed by atoms with Gasteiger partial charge in [0, 0.05) is 12.7 Å². The van der Waals surface area contributed by atoms with E-state index in [9.17, 15) is 4.79 Å². The Morgan fingerprint density at radius 1 is 1.64 bits per heavy atom. The van der Waals surface area contributed by atoms with Crippen LogP contribution < -0.4 is 4.90 Å². The molecule has 0 bridgehead atoms. The van der Waals surface area contributed by atoms with Crippen molar-refractivity contribution in [3.8, 4) is 0 Å². The minimum atomic E-state index is -0.765. The molecule has 1 aromatic rings. The van der Waals surface area contributed by atoms with Gasteiger partial charge in [-0.15, -0.1) is 0 Å². The van der Waals surface area contributed by atoms with Crippen LogP contribution in [-0.4, -0.2) is 28.6 Å². The van der Waals surface area contributed by atoms with E-state index in [4.69, 9.17) is 5.11 Å². The number of pyridine rings is 1. The van der Waals surface area contributed by atoms with Crippen LogP contribution in [0.15, 0.2) is 18.3 Å². The molecule has 0 aromatic carbocycles. The van der Waals surface area contributed by atoms with Gasteiger partial charge in [0.15, 0.2) is 0 Å². The van der Waals surface area contributed by atoms with Crippen molar-refractivity contribution in [1.82, 2.24) is 4.98 Å². The highest BCUT2D eigenvalue weighted by Gasteiger charge is 2.34. The molecular weight excluding hydrogens is 180 g/mol. The Morgan fingerprint density at radius 3 is 2.86 bits per heavy atom. The Balaban J connectivity index is 2.16. The number of anilines is 1. The molecule has 2 heterocycles. The number of aliphatic carboxylic acids is 1. The maximum atomic E-state index is 10.8. The second-order valence-electron chi connectivity index (χ2n) is 3.53.